The number of rotatable bonds is 19. The molecule has 0 bridgehead atoms. The Morgan fingerprint density at radius 3 is 2.25 bits per heavy atom. The Balaban J connectivity index is 1.39. The van der Waals surface area contributed by atoms with E-state index in [1.54, 1.807) is 49.3 Å². The largest absolute Gasteiger partial charge is 0.465 e. The van der Waals surface area contributed by atoms with Gasteiger partial charge in [-0.15, -0.1) is 0 Å². The van der Waals surface area contributed by atoms with E-state index in [1.165, 1.54) is 4.90 Å². The van der Waals surface area contributed by atoms with Gasteiger partial charge >= 0.3 is 5.97 Å². The quantitative estimate of drug-likeness (QED) is 0.159. The molecular formula is C40H57N3O8. The van der Waals surface area contributed by atoms with Crippen LogP contribution in [0.5, 0.6) is 0 Å². The summed E-state index contributed by atoms with van der Waals surface area (Å²) in [4.78, 5) is 96.5. The smallest absolute Gasteiger partial charge is 0.306 e. The summed E-state index contributed by atoms with van der Waals surface area (Å²) in [5.74, 6) is -3.96. The molecule has 0 aromatic heterocycles. The van der Waals surface area contributed by atoms with Gasteiger partial charge in [-0.1, -0.05) is 76.8 Å². The molecule has 4 rings (SSSR count). The van der Waals surface area contributed by atoms with Crippen LogP contribution in [0.25, 0.3) is 0 Å². The number of nitrogens with zero attached hydrogens (tertiary/aromatic N) is 2. The molecule has 6 atom stereocenters. The Bertz CT molecular complexity index is 1420. The molecule has 1 saturated heterocycles. The molecule has 3 amide bonds. The first-order valence-electron chi connectivity index (χ1n) is 18.9. The Morgan fingerprint density at radius 2 is 1.63 bits per heavy atom. The number of carbonyl (C=O) groups is 7. The van der Waals surface area contributed by atoms with Crippen molar-refractivity contribution in [2.45, 2.75) is 110 Å². The summed E-state index contributed by atoms with van der Waals surface area (Å²) < 4.78 is 5.48. The lowest BCUT2D eigenvalue weighted by atomic mass is 9.77. The number of likely N-dealkylation sites (N-methyl/N-ethyl adjacent to an activating group) is 1. The average molecular weight is 708 g/mol. The Kier molecular flexibility index (Phi) is 14.5. The zero-order valence-corrected chi connectivity index (χ0v) is 31.1. The van der Waals surface area contributed by atoms with E-state index in [4.69, 9.17) is 4.74 Å². The lowest BCUT2D eigenvalue weighted by molar-refractivity contribution is -0.153. The zero-order chi connectivity index (χ0) is 37.2. The van der Waals surface area contributed by atoms with Crippen LogP contribution < -0.4 is 5.32 Å². The van der Waals surface area contributed by atoms with Crippen molar-refractivity contribution in [2.24, 2.45) is 35.5 Å². The summed E-state index contributed by atoms with van der Waals surface area (Å²) in [6.07, 6.45) is 5.79. The summed E-state index contributed by atoms with van der Waals surface area (Å²) in [5.41, 5.74) is 0.599. The van der Waals surface area contributed by atoms with Crippen molar-refractivity contribution >= 4 is 41.0 Å². The minimum atomic E-state index is -0.934. The van der Waals surface area contributed by atoms with Crippen molar-refractivity contribution in [1.29, 1.82) is 0 Å². The van der Waals surface area contributed by atoms with E-state index in [9.17, 15) is 33.6 Å². The van der Waals surface area contributed by atoms with Crippen LogP contribution in [0.1, 0.15) is 109 Å². The van der Waals surface area contributed by atoms with Crippen LogP contribution >= 0.6 is 0 Å². The highest BCUT2D eigenvalue weighted by Gasteiger charge is 2.57. The van der Waals surface area contributed by atoms with E-state index >= 15 is 0 Å². The molecule has 0 radical (unpaired) electrons. The number of piperidine rings is 1. The fourth-order valence-corrected chi connectivity index (χ4v) is 7.85. The molecule has 1 heterocycles. The predicted molar refractivity (Wildman–Crippen MR) is 191 cm³/mol. The van der Waals surface area contributed by atoms with E-state index in [2.05, 4.69) is 5.32 Å². The average Bonchev–Trinajstić information content (AvgIpc) is 3.78. The molecule has 1 N–H and O–H groups in total. The number of esters is 1. The SMILES string of the molecule is CCCC(CC(=O)[C@@H]1[C@H]2C[C@H]2CN1C(=O)[C@@H](CC(=O)OCC(C)C)C1CCCCC1)C(=O)C(=O)CCC(=O)N[C@H](C(=O)N(C)C)c1ccccc1. The van der Waals surface area contributed by atoms with Gasteiger partial charge in [-0.2, -0.15) is 0 Å². The highest BCUT2D eigenvalue weighted by Crippen LogP contribution is 2.51. The Morgan fingerprint density at radius 1 is 0.941 bits per heavy atom. The first kappa shape index (κ1) is 39.9. The first-order chi connectivity index (χ1) is 24.3. The van der Waals surface area contributed by atoms with Gasteiger partial charge in [0.15, 0.2) is 11.6 Å². The lowest BCUT2D eigenvalue weighted by Gasteiger charge is -2.35. The fraction of sp³-hybridized carbons (Fsp3) is 0.675. The number of benzene rings is 1. The number of likely N-dealkylation sites (tertiary alicyclic amines) is 1. The third kappa shape index (κ3) is 10.8. The summed E-state index contributed by atoms with van der Waals surface area (Å²) in [7, 11) is 3.18. The summed E-state index contributed by atoms with van der Waals surface area (Å²) >= 11 is 0. The Hall–Kier alpha value is -3.89. The summed E-state index contributed by atoms with van der Waals surface area (Å²) in [6.45, 7) is 6.56. The Labute approximate surface area is 302 Å². The minimum Gasteiger partial charge on any atom is -0.465 e. The van der Waals surface area contributed by atoms with Crippen molar-refractivity contribution < 1.29 is 38.3 Å². The van der Waals surface area contributed by atoms with Crippen LogP contribution in [0.4, 0.5) is 0 Å². The van der Waals surface area contributed by atoms with Gasteiger partial charge in [-0.05, 0) is 54.9 Å². The molecule has 1 aromatic carbocycles. The molecule has 51 heavy (non-hydrogen) atoms. The first-order valence-corrected chi connectivity index (χ1v) is 18.9. The number of ether oxygens (including phenoxy) is 1. The summed E-state index contributed by atoms with van der Waals surface area (Å²) in [5, 5.41) is 2.70. The molecule has 3 fully saturated rings. The molecular weight excluding hydrogens is 650 g/mol. The van der Waals surface area contributed by atoms with Crippen LogP contribution in [0.3, 0.4) is 0 Å². The highest BCUT2D eigenvalue weighted by molar-refractivity contribution is 6.38. The van der Waals surface area contributed by atoms with Crippen molar-refractivity contribution in [3.05, 3.63) is 35.9 Å². The number of fused-ring (bicyclic) bond motifs is 1. The van der Waals surface area contributed by atoms with E-state index in [0.29, 0.717) is 31.6 Å². The molecule has 1 aliphatic heterocycles. The third-order valence-corrected chi connectivity index (χ3v) is 10.7. The van der Waals surface area contributed by atoms with Gasteiger partial charge in [0, 0.05) is 45.8 Å². The molecule has 280 valence electrons. The van der Waals surface area contributed by atoms with E-state index in [0.717, 1.165) is 38.5 Å². The maximum atomic E-state index is 14.2. The monoisotopic (exact) mass is 707 g/mol. The number of carbonyl (C=O) groups excluding carboxylic acids is 7. The van der Waals surface area contributed by atoms with Gasteiger partial charge in [0.05, 0.1) is 25.0 Å². The van der Waals surface area contributed by atoms with Crippen LogP contribution in [0.15, 0.2) is 30.3 Å². The molecule has 1 unspecified atom stereocenters. The van der Waals surface area contributed by atoms with E-state index in [-0.39, 0.29) is 72.9 Å². The number of hydrogen-bond donors (Lipinski definition) is 1. The standard InChI is InChI=1S/C40H57N3O8/c1-6-13-28(38(48)32(44)18-19-34(46)41-36(40(50)42(4)5)27-16-11-8-12-17-27)21-33(45)37-30-20-29(30)23-43(37)39(49)31(26-14-9-7-10-15-26)22-35(47)51-24-25(2)3/h8,11-12,16-17,25-26,28-31,36-37H,6-7,9-10,13-15,18-24H2,1-5H3,(H,41,46)/t28?,29-,30-,31-,36-,37-/m0/s1. The summed E-state index contributed by atoms with van der Waals surface area (Å²) in [6, 6.07) is 7.19. The second-order valence-electron chi connectivity index (χ2n) is 15.5. The van der Waals surface area contributed by atoms with Crippen LogP contribution in [0, 0.1) is 35.5 Å². The van der Waals surface area contributed by atoms with Gasteiger partial charge in [0.1, 0.15) is 6.04 Å². The van der Waals surface area contributed by atoms with Crippen molar-refractivity contribution in [2.75, 3.05) is 27.2 Å². The van der Waals surface area contributed by atoms with Gasteiger partial charge < -0.3 is 19.9 Å². The number of hydrogen-bond acceptors (Lipinski definition) is 8. The number of amides is 3. The van der Waals surface area contributed by atoms with Crippen LogP contribution in [-0.4, -0.2) is 84.1 Å². The zero-order valence-electron chi connectivity index (χ0n) is 31.1. The normalized spacial score (nSPS) is 21.6. The maximum absolute atomic E-state index is 14.2. The second kappa shape index (κ2) is 18.6. The van der Waals surface area contributed by atoms with Gasteiger partial charge in [-0.3, -0.25) is 33.6 Å². The van der Waals surface area contributed by atoms with E-state index in [1.807, 2.05) is 20.8 Å². The number of nitrogens with one attached hydrogen (secondary N) is 1. The molecule has 2 saturated carbocycles. The number of Topliss-reactive ketones (excluding diaryl/α,β-unsaturated/α-hetero) is 3. The molecule has 11 nitrogen and oxygen atoms in total. The van der Waals surface area contributed by atoms with Crippen LogP contribution in [-0.2, 0) is 38.3 Å². The molecule has 11 heteroatoms. The van der Waals surface area contributed by atoms with Gasteiger partial charge in [-0.25, -0.2) is 0 Å². The second-order valence-corrected chi connectivity index (χ2v) is 15.5. The van der Waals surface area contributed by atoms with Crippen LogP contribution in [0.2, 0.25) is 0 Å². The third-order valence-electron chi connectivity index (χ3n) is 10.7. The van der Waals surface area contributed by atoms with Crippen molar-refractivity contribution in [1.82, 2.24) is 15.1 Å². The predicted octanol–water partition coefficient (Wildman–Crippen LogP) is 4.86. The topological polar surface area (TPSA) is 147 Å². The highest BCUT2D eigenvalue weighted by atomic mass is 16.5. The molecule has 3 aliphatic rings. The lowest BCUT2D eigenvalue weighted by Crippen LogP contribution is -2.48. The maximum Gasteiger partial charge on any atom is 0.306 e. The van der Waals surface area contributed by atoms with Gasteiger partial charge in [0.25, 0.3) is 0 Å². The number of ketones is 3. The molecule has 0 spiro atoms. The molecule has 1 aromatic rings. The minimum absolute atomic E-state index is 0.00259. The van der Waals surface area contributed by atoms with Crippen molar-refractivity contribution in [3.63, 3.8) is 0 Å². The molecule has 2 aliphatic carbocycles. The fourth-order valence-electron chi connectivity index (χ4n) is 7.85. The van der Waals surface area contributed by atoms with Crippen molar-refractivity contribution in [3.8, 4) is 0 Å². The van der Waals surface area contributed by atoms with Gasteiger partial charge in [0.2, 0.25) is 23.5 Å². The van der Waals surface area contributed by atoms with E-state index < -0.39 is 41.4 Å².